The van der Waals surface area contributed by atoms with Gasteiger partial charge in [0.25, 0.3) is 0 Å². The number of nitrogens with two attached hydrogens (primary N) is 1. The number of H-pyrrole nitrogens is 1. The smallest absolute Gasteiger partial charge is 0.318 e. The summed E-state index contributed by atoms with van der Waals surface area (Å²) in [6.07, 6.45) is 1.81. The van der Waals surface area contributed by atoms with Crippen LogP contribution in [-0.2, 0) is 14.9 Å². The van der Waals surface area contributed by atoms with Gasteiger partial charge in [0.15, 0.2) is 0 Å². The normalized spacial score (nSPS) is 13.9. The van der Waals surface area contributed by atoms with Gasteiger partial charge in [0.1, 0.15) is 11.0 Å². The Bertz CT molecular complexity index is 986. The van der Waals surface area contributed by atoms with Crippen LogP contribution in [0.4, 0.5) is 5.69 Å². The van der Waals surface area contributed by atoms with Crippen LogP contribution in [0, 0.1) is 0 Å². The fourth-order valence-electron chi connectivity index (χ4n) is 3.25. The number of anilines is 1. The average Bonchev–Trinajstić information content (AvgIpc) is 3.14. The van der Waals surface area contributed by atoms with Crippen molar-refractivity contribution in [1.29, 1.82) is 0 Å². The zero-order valence-electron chi connectivity index (χ0n) is 17.1. The van der Waals surface area contributed by atoms with Crippen molar-refractivity contribution in [3.63, 3.8) is 0 Å². The quantitative estimate of drug-likeness (QED) is 0.585. The molecule has 6 nitrogen and oxygen atoms in total. The van der Waals surface area contributed by atoms with E-state index in [2.05, 4.69) is 21.6 Å². The number of nitrogens with zero attached hydrogens (tertiary/aromatic N) is 1. The van der Waals surface area contributed by atoms with Crippen LogP contribution in [0.2, 0.25) is 0 Å². The van der Waals surface area contributed by atoms with E-state index in [1.807, 2.05) is 71.3 Å². The summed E-state index contributed by atoms with van der Waals surface area (Å²) in [6, 6.07) is 12.0. The Labute approximate surface area is 165 Å². The maximum absolute atomic E-state index is 12.8. The maximum atomic E-state index is 12.8. The molecule has 1 aromatic heterocycles. The van der Waals surface area contributed by atoms with Gasteiger partial charge in [-0.25, -0.2) is 0 Å². The summed E-state index contributed by atoms with van der Waals surface area (Å²) in [6.45, 7) is 7.57. The molecule has 0 fully saturated rings. The molecule has 0 saturated carbocycles. The molecule has 1 atom stereocenters. The lowest BCUT2D eigenvalue weighted by Gasteiger charge is -2.31. The molecule has 148 valence electrons. The lowest BCUT2D eigenvalue weighted by atomic mass is 9.81. The number of rotatable bonds is 5. The van der Waals surface area contributed by atoms with Crippen LogP contribution in [0.15, 0.2) is 42.6 Å². The topological polar surface area (TPSA) is 93.0 Å². The molecule has 0 aliphatic rings. The van der Waals surface area contributed by atoms with Crippen LogP contribution in [0.1, 0.15) is 33.3 Å². The van der Waals surface area contributed by atoms with E-state index in [0.717, 1.165) is 33.3 Å². The van der Waals surface area contributed by atoms with Gasteiger partial charge in [-0.2, -0.15) is 5.10 Å². The molecule has 1 heterocycles. The number of carbonyl (C=O) groups is 1. The van der Waals surface area contributed by atoms with Gasteiger partial charge < -0.3 is 15.8 Å². The van der Waals surface area contributed by atoms with Gasteiger partial charge in [-0.05, 0) is 44.9 Å². The third-order valence-corrected chi connectivity index (χ3v) is 4.96. The predicted molar refractivity (Wildman–Crippen MR) is 113 cm³/mol. The SMILES string of the molecule is CNc1c(-c2ccc(C(C)(CN)C(=O)OC(C)(C)C)cc2)ccc2[nH]ncc12. The van der Waals surface area contributed by atoms with Gasteiger partial charge in [-0.3, -0.25) is 9.89 Å². The van der Waals surface area contributed by atoms with Crippen LogP contribution < -0.4 is 11.1 Å². The monoisotopic (exact) mass is 380 g/mol. The molecule has 0 aliphatic carbocycles. The molecule has 0 bridgehead atoms. The molecule has 3 aromatic rings. The molecular formula is C22H28N4O2. The Morgan fingerprint density at radius 2 is 1.82 bits per heavy atom. The first-order valence-electron chi connectivity index (χ1n) is 9.38. The summed E-state index contributed by atoms with van der Waals surface area (Å²) in [5, 5.41) is 11.4. The predicted octanol–water partition coefficient (Wildman–Crippen LogP) is 3.83. The Hall–Kier alpha value is -2.86. The van der Waals surface area contributed by atoms with Crippen molar-refractivity contribution >= 4 is 22.6 Å². The van der Waals surface area contributed by atoms with Gasteiger partial charge in [-0.1, -0.05) is 30.3 Å². The van der Waals surface area contributed by atoms with E-state index in [9.17, 15) is 4.79 Å². The zero-order valence-corrected chi connectivity index (χ0v) is 17.1. The molecule has 2 aromatic carbocycles. The van der Waals surface area contributed by atoms with E-state index in [1.54, 1.807) is 0 Å². The van der Waals surface area contributed by atoms with Gasteiger partial charge in [0, 0.05) is 24.5 Å². The number of ether oxygens (including phenoxy) is 1. The second kappa shape index (κ2) is 7.28. The minimum absolute atomic E-state index is 0.171. The molecule has 0 spiro atoms. The van der Waals surface area contributed by atoms with Crippen molar-refractivity contribution in [2.75, 3.05) is 18.9 Å². The summed E-state index contributed by atoms with van der Waals surface area (Å²) < 4.78 is 5.60. The van der Waals surface area contributed by atoms with Gasteiger partial charge in [0.2, 0.25) is 0 Å². The highest BCUT2D eigenvalue weighted by Gasteiger charge is 2.37. The van der Waals surface area contributed by atoms with E-state index >= 15 is 0 Å². The molecule has 0 amide bonds. The first kappa shape index (κ1) is 19.9. The van der Waals surface area contributed by atoms with Gasteiger partial charge in [0.05, 0.1) is 17.4 Å². The van der Waals surface area contributed by atoms with Crippen LogP contribution >= 0.6 is 0 Å². The summed E-state index contributed by atoms with van der Waals surface area (Å²) in [4.78, 5) is 12.8. The third kappa shape index (κ3) is 3.60. The van der Waals surface area contributed by atoms with Crippen molar-refractivity contribution in [1.82, 2.24) is 10.2 Å². The number of nitrogens with one attached hydrogen (secondary N) is 2. The molecule has 1 unspecified atom stereocenters. The number of aromatic nitrogens is 2. The van der Waals surface area contributed by atoms with E-state index < -0.39 is 11.0 Å². The zero-order chi connectivity index (χ0) is 20.5. The van der Waals surface area contributed by atoms with Crippen molar-refractivity contribution < 1.29 is 9.53 Å². The highest BCUT2D eigenvalue weighted by molar-refractivity contribution is 5.99. The molecular weight excluding hydrogens is 352 g/mol. The lowest BCUT2D eigenvalue weighted by molar-refractivity contribution is -0.161. The average molecular weight is 380 g/mol. The lowest BCUT2D eigenvalue weighted by Crippen LogP contribution is -2.44. The fourth-order valence-corrected chi connectivity index (χ4v) is 3.25. The molecule has 0 radical (unpaired) electrons. The molecule has 4 N–H and O–H groups in total. The van der Waals surface area contributed by atoms with Crippen molar-refractivity contribution in [2.45, 2.75) is 38.7 Å². The summed E-state index contributed by atoms with van der Waals surface area (Å²) in [5.74, 6) is -0.314. The summed E-state index contributed by atoms with van der Waals surface area (Å²) in [5.41, 5.74) is 9.45. The second-order valence-corrected chi connectivity index (χ2v) is 8.18. The third-order valence-electron chi connectivity index (χ3n) is 4.96. The molecule has 3 rings (SSSR count). The first-order chi connectivity index (χ1) is 13.2. The molecule has 6 heteroatoms. The molecule has 0 saturated heterocycles. The minimum Gasteiger partial charge on any atom is -0.459 e. The Morgan fingerprint density at radius 1 is 1.14 bits per heavy atom. The van der Waals surface area contributed by atoms with Crippen LogP contribution in [-0.4, -0.2) is 35.4 Å². The van der Waals surface area contributed by atoms with Crippen molar-refractivity contribution in [2.24, 2.45) is 5.73 Å². The number of aromatic amines is 1. The largest absolute Gasteiger partial charge is 0.459 e. The summed E-state index contributed by atoms with van der Waals surface area (Å²) in [7, 11) is 1.90. The van der Waals surface area contributed by atoms with Crippen LogP contribution in [0.25, 0.3) is 22.0 Å². The molecule has 0 aliphatic heterocycles. The van der Waals surface area contributed by atoms with Crippen molar-refractivity contribution in [3.8, 4) is 11.1 Å². The summed E-state index contributed by atoms with van der Waals surface area (Å²) >= 11 is 0. The minimum atomic E-state index is -0.897. The van der Waals surface area contributed by atoms with Crippen LogP contribution in [0.3, 0.4) is 0 Å². The standard InChI is InChI=1S/C22H28N4O2/c1-21(2,3)28-20(27)22(4,13-23)15-8-6-14(7-9-15)16-10-11-18-17(12-25-26-18)19(16)24-5/h6-12,24H,13,23H2,1-5H3,(H,25,26). The second-order valence-electron chi connectivity index (χ2n) is 8.18. The number of fused-ring (bicyclic) bond motifs is 1. The first-order valence-corrected chi connectivity index (χ1v) is 9.38. The Morgan fingerprint density at radius 3 is 2.39 bits per heavy atom. The Kier molecular flexibility index (Phi) is 5.17. The van der Waals surface area contributed by atoms with Crippen LogP contribution in [0.5, 0.6) is 0 Å². The van der Waals surface area contributed by atoms with E-state index in [-0.39, 0.29) is 12.5 Å². The van der Waals surface area contributed by atoms with Crippen molar-refractivity contribution in [3.05, 3.63) is 48.2 Å². The highest BCUT2D eigenvalue weighted by atomic mass is 16.6. The van der Waals surface area contributed by atoms with Gasteiger partial charge in [-0.15, -0.1) is 0 Å². The number of hydrogen-bond donors (Lipinski definition) is 3. The number of benzene rings is 2. The number of hydrogen-bond acceptors (Lipinski definition) is 5. The number of carbonyl (C=O) groups excluding carboxylic acids is 1. The van der Waals surface area contributed by atoms with E-state index in [4.69, 9.17) is 10.5 Å². The van der Waals surface area contributed by atoms with Gasteiger partial charge >= 0.3 is 5.97 Å². The fraction of sp³-hybridized carbons (Fsp3) is 0.364. The molecule has 28 heavy (non-hydrogen) atoms. The Balaban J connectivity index is 1.98. The maximum Gasteiger partial charge on any atom is 0.318 e. The number of esters is 1. The van der Waals surface area contributed by atoms with E-state index in [1.165, 1.54) is 0 Å². The highest BCUT2D eigenvalue weighted by Crippen LogP contribution is 2.35. The van der Waals surface area contributed by atoms with E-state index in [0.29, 0.717) is 0 Å².